The second kappa shape index (κ2) is 25.9. The van der Waals surface area contributed by atoms with Gasteiger partial charge >= 0.3 is 5.97 Å². The maximum atomic E-state index is 10.8. The van der Waals surface area contributed by atoms with Crippen molar-refractivity contribution in [1.82, 2.24) is 0 Å². The standard InChI is InChI=1S/C20H38O10/c1-3-4-23-5-6-24-7-8-25-9-10-26-11-12-27-13-14-28-15-16-29-17-18-30-19-20(21)22-2/h3H,1,4-19H2,2H3. The van der Waals surface area contributed by atoms with E-state index in [1.165, 1.54) is 7.11 Å². The van der Waals surface area contributed by atoms with Gasteiger partial charge in [0.25, 0.3) is 0 Å². The fourth-order valence-corrected chi connectivity index (χ4v) is 1.82. The van der Waals surface area contributed by atoms with E-state index in [1.807, 2.05) is 0 Å². The Labute approximate surface area is 179 Å². The fourth-order valence-electron chi connectivity index (χ4n) is 1.82. The molecule has 0 bridgehead atoms. The van der Waals surface area contributed by atoms with Crippen LogP contribution < -0.4 is 0 Å². The second-order valence-corrected chi connectivity index (χ2v) is 5.67. The van der Waals surface area contributed by atoms with Crippen molar-refractivity contribution in [3.05, 3.63) is 12.7 Å². The molecule has 10 heteroatoms. The van der Waals surface area contributed by atoms with Gasteiger partial charge in [0.2, 0.25) is 0 Å². The van der Waals surface area contributed by atoms with Crippen LogP contribution in [0.4, 0.5) is 0 Å². The van der Waals surface area contributed by atoms with Crippen molar-refractivity contribution >= 4 is 5.97 Å². The molecule has 0 aromatic rings. The zero-order valence-corrected chi connectivity index (χ0v) is 18.2. The van der Waals surface area contributed by atoms with Crippen LogP contribution in [0.1, 0.15) is 0 Å². The van der Waals surface area contributed by atoms with Crippen LogP contribution in [0.25, 0.3) is 0 Å². The number of hydrogen-bond acceptors (Lipinski definition) is 10. The Morgan fingerprint density at radius 2 is 0.867 bits per heavy atom. The van der Waals surface area contributed by atoms with Crippen LogP contribution >= 0.6 is 0 Å². The third-order valence-electron chi connectivity index (χ3n) is 3.29. The Balaban J connectivity index is 3.02. The molecular formula is C20H38O10. The van der Waals surface area contributed by atoms with Crippen LogP contribution in [0.5, 0.6) is 0 Å². The molecular weight excluding hydrogens is 400 g/mol. The lowest BCUT2D eigenvalue weighted by Crippen LogP contribution is -2.16. The molecule has 0 radical (unpaired) electrons. The van der Waals surface area contributed by atoms with Crippen LogP contribution in [-0.4, -0.2) is 119 Å². The van der Waals surface area contributed by atoms with Gasteiger partial charge in [-0.05, 0) is 0 Å². The summed E-state index contributed by atoms with van der Waals surface area (Å²) in [5.74, 6) is -0.403. The Kier molecular flexibility index (Phi) is 25.0. The van der Waals surface area contributed by atoms with Gasteiger partial charge in [-0.2, -0.15) is 0 Å². The van der Waals surface area contributed by atoms with E-state index in [9.17, 15) is 4.79 Å². The summed E-state index contributed by atoms with van der Waals surface area (Å²) in [4.78, 5) is 10.8. The number of ether oxygens (including phenoxy) is 9. The summed E-state index contributed by atoms with van der Waals surface area (Å²) in [5.41, 5.74) is 0. The smallest absolute Gasteiger partial charge is 0.331 e. The summed E-state index contributed by atoms with van der Waals surface area (Å²) in [7, 11) is 1.32. The minimum Gasteiger partial charge on any atom is -0.467 e. The van der Waals surface area contributed by atoms with Crippen molar-refractivity contribution in [1.29, 1.82) is 0 Å². The van der Waals surface area contributed by atoms with Gasteiger partial charge in [-0.15, -0.1) is 6.58 Å². The number of methoxy groups -OCH3 is 1. The van der Waals surface area contributed by atoms with E-state index in [-0.39, 0.29) is 6.61 Å². The van der Waals surface area contributed by atoms with Gasteiger partial charge in [0.1, 0.15) is 6.61 Å². The van der Waals surface area contributed by atoms with E-state index in [2.05, 4.69) is 11.3 Å². The minimum atomic E-state index is -0.403. The molecule has 0 saturated carbocycles. The zero-order chi connectivity index (χ0) is 22.0. The summed E-state index contributed by atoms with van der Waals surface area (Å²) < 4.78 is 46.8. The van der Waals surface area contributed by atoms with Crippen LogP contribution in [0.2, 0.25) is 0 Å². The lowest BCUT2D eigenvalue weighted by atomic mass is 10.6. The SMILES string of the molecule is C=CCOCCOCCOCCOCCOCCOCCOCCOCC(=O)OC. The van der Waals surface area contributed by atoms with Gasteiger partial charge < -0.3 is 42.6 Å². The average Bonchev–Trinajstić information content (AvgIpc) is 2.76. The van der Waals surface area contributed by atoms with Gasteiger partial charge in [-0.1, -0.05) is 6.08 Å². The van der Waals surface area contributed by atoms with Gasteiger partial charge in [0.15, 0.2) is 0 Å². The molecule has 0 aromatic heterocycles. The van der Waals surface area contributed by atoms with Crippen molar-refractivity contribution < 1.29 is 47.4 Å². The normalized spacial score (nSPS) is 11.0. The molecule has 0 aliphatic heterocycles. The Hall–Kier alpha value is -1.11. The Morgan fingerprint density at radius 1 is 0.567 bits per heavy atom. The maximum absolute atomic E-state index is 10.8. The number of carbonyl (C=O) groups excluding carboxylic acids is 1. The maximum Gasteiger partial charge on any atom is 0.331 e. The molecule has 0 unspecified atom stereocenters. The minimum absolute atomic E-state index is 0.0630. The molecule has 0 N–H and O–H groups in total. The zero-order valence-electron chi connectivity index (χ0n) is 18.2. The number of rotatable bonds is 25. The van der Waals surface area contributed by atoms with Crippen LogP contribution in [0.15, 0.2) is 12.7 Å². The Morgan fingerprint density at radius 3 is 1.17 bits per heavy atom. The summed E-state index contributed by atoms with van der Waals surface area (Å²) >= 11 is 0. The van der Waals surface area contributed by atoms with Crippen LogP contribution in [0, 0.1) is 0 Å². The number of carbonyl (C=O) groups is 1. The van der Waals surface area contributed by atoms with E-state index in [0.717, 1.165) is 0 Å². The first kappa shape index (κ1) is 28.9. The molecule has 0 heterocycles. The summed E-state index contributed by atoms with van der Waals surface area (Å²) in [6.07, 6.45) is 1.71. The lowest BCUT2D eigenvalue weighted by molar-refractivity contribution is -0.146. The van der Waals surface area contributed by atoms with Crippen LogP contribution in [0.3, 0.4) is 0 Å². The van der Waals surface area contributed by atoms with Gasteiger partial charge in [-0.25, -0.2) is 4.79 Å². The Bertz CT molecular complexity index is 367. The molecule has 0 fully saturated rings. The van der Waals surface area contributed by atoms with Crippen molar-refractivity contribution in [2.24, 2.45) is 0 Å². The first-order chi connectivity index (χ1) is 14.8. The highest BCUT2D eigenvalue weighted by molar-refractivity contribution is 5.70. The average molecular weight is 439 g/mol. The first-order valence-corrected chi connectivity index (χ1v) is 10.1. The molecule has 0 aliphatic carbocycles. The van der Waals surface area contributed by atoms with Crippen molar-refractivity contribution in [3.8, 4) is 0 Å². The third kappa shape index (κ3) is 24.9. The van der Waals surface area contributed by atoms with E-state index < -0.39 is 5.97 Å². The van der Waals surface area contributed by atoms with Crippen molar-refractivity contribution in [2.75, 3.05) is 113 Å². The fraction of sp³-hybridized carbons (Fsp3) is 0.850. The molecule has 0 amide bonds. The summed E-state index contributed by atoms with van der Waals surface area (Å²) in [5, 5.41) is 0. The van der Waals surface area contributed by atoms with Gasteiger partial charge in [0.05, 0.1) is 106 Å². The van der Waals surface area contributed by atoms with Crippen LogP contribution in [-0.2, 0) is 47.4 Å². The predicted octanol–water partition coefficient (Wildman–Crippen LogP) is 0.478. The molecule has 0 saturated heterocycles. The molecule has 178 valence electrons. The highest BCUT2D eigenvalue weighted by Crippen LogP contribution is 1.86. The van der Waals surface area contributed by atoms with E-state index >= 15 is 0 Å². The monoisotopic (exact) mass is 438 g/mol. The summed E-state index contributed by atoms with van der Waals surface area (Å²) in [6.45, 7) is 10.9. The molecule has 0 aliphatic rings. The quantitative estimate of drug-likeness (QED) is 0.114. The summed E-state index contributed by atoms with van der Waals surface area (Å²) in [6, 6.07) is 0. The number of esters is 1. The van der Waals surface area contributed by atoms with Gasteiger partial charge in [-0.3, -0.25) is 0 Å². The third-order valence-corrected chi connectivity index (χ3v) is 3.29. The topological polar surface area (TPSA) is 100 Å². The number of hydrogen-bond donors (Lipinski definition) is 0. The van der Waals surface area contributed by atoms with Crippen molar-refractivity contribution in [3.63, 3.8) is 0 Å². The largest absolute Gasteiger partial charge is 0.467 e. The molecule has 0 aromatic carbocycles. The van der Waals surface area contributed by atoms with E-state index in [0.29, 0.717) is 99.1 Å². The first-order valence-electron chi connectivity index (χ1n) is 10.1. The van der Waals surface area contributed by atoms with E-state index in [1.54, 1.807) is 6.08 Å². The highest BCUT2D eigenvalue weighted by atomic mass is 16.6. The van der Waals surface area contributed by atoms with Gasteiger partial charge in [0, 0.05) is 0 Å². The van der Waals surface area contributed by atoms with Crippen molar-refractivity contribution in [2.45, 2.75) is 0 Å². The predicted molar refractivity (Wildman–Crippen MR) is 109 cm³/mol. The molecule has 0 spiro atoms. The highest BCUT2D eigenvalue weighted by Gasteiger charge is 1.99. The van der Waals surface area contributed by atoms with E-state index in [4.69, 9.17) is 37.9 Å². The molecule has 0 rings (SSSR count). The second-order valence-electron chi connectivity index (χ2n) is 5.67. The lowest BCUT2D eigenvalue weighted by Gasteiger charge is -2.08. The molecule has 30 heavy (non-hydrogen) atoms. The molecule has 0 atom stereocenters. The molecule has 10 nitrogen and oxygen atoms in total.